The summed E-state index contributed by atoms with van der Waals surface area (Å²) < 4.78 is 4.59. The number of carbonyl (C=O) groups excluding carboxylic acids is 2. The minimum absolute atomic E-state index is 0.257. The Labute approximate surface area is 83.1 Å². The lowest BCUT2D eigenvalue weighted by molar-refractivity contribution is -0.152. The number of allylic oxidation sites excluding steroid dienone is 1. The van der Waals surface area contributed by atoms with Gasteiger partial charge in [-0.15, -0.1) is 0 Å². The predicted octanol–water partition coefficient (Wildman–Crippen LogP) is 1.82. The number of rotatable bonds is 2. The molecule has 3 nitrogen and oxygen atoms in total. The van der Waals surface area contributed by atoms with Crippen LogP contribution in [0.5, 0.6) is 0 Å². The van der Waals surface area contributed by atoms with Crippen molar-refractivity contribution >= 4 is 11.9 Å². The maximum absolute atomic E-state index is 11.3. The van der Waals surface area contributed by atoms with Crippen LogP contribution in [0.2, 0.25) is 0 Å². The molecule has 0 radical (unpaired) electrons. The summed E-state index contributed by atoms with van der Waals surface area (Å²) in [6, 6.07) is 0. The van der Waals surface area contributed by atoms with Gasteiger partial charge in [-0.25, -0.2) is 4.79 Å². The van der Waals surface area contributed by atoms with Crippen molar-refractivity contribution in [2.75, 3.05) is 0 Å². The lowest BCUT2D eigenvalue weighted by Gasteiger charge is -2.21. The summed E-state index contributed by atoms with van der Waals surface area (Å²) in [4.78, 5) is 22.5. The zero-order valence-electron chi connectivity index (χ0n) is 8.29. The van der Waals surface area contributed by atoms with E-state index in [9.17, 15) is 9.59 Å². The summed E-state index contributed by atoms with van der Waals surface area (Å²) in [7, 11) is 0. The highest BCUT2D eigenvalue weighted by Gasteiger charge is 2.41. The minimum atomic E-state index is -0.421. The normalized spacial score (nSPS) is 31.1. The summed E-state index contributed by atoms with van der Waals surface area (Å²) in [5.41, 5.74) is 0.599. The molecule has 0 aromatic rings. The Morgan fingerprint density at radius 1 is 1.50 bits per heavy atom. The van der Waals surface area contributed by atoms with Gasteiger partial charge in [0.05, 0.1) is 5.92 Å². The van der Waals surface area contributed by atoms with Gasteiger partial charge in [-0.3, -0.25) is 4.79 Å². The van der Waals surface area contributed by atoms with Crippen LogP contribution in [0.3, 0.4) is 0 Å². The SMILES string of the molecule is CCCC1CC=C2C(=O)OC(=O)C2C1. The fraction of sp³-hybridized carbons (Fsp3) is 0.636. The van der Waals surface area contributed by atoms with E-state index in [1.807, 2.05) is 6.08 Å². The molecule has 1 fully saturated rings. The molecule has 3 heteroatoms. The second-order valence-electron chi connectivity index (χ2n) is 4.05. The lowest BCUT2D eigenvalue weighted by atomic mass is 9.80. The Balaban J connectivity index is 2.13. The molecule has 0 spiro atoms. The van der Waals surface area contributed by atoms with Gasteiger partial charge in [0, 0.05) is 5.57 Å². The Bertz CT molecular complexity index is 304. The number of carbonyl (C=O) groups is 2. The molecular formula is C11H14O3. The second-order valence-corrected chi connectivity index (χ2v) is 4.05. The third-order valence-corrected chi connectivity index (χ3v) is 3.03. The van der Waals surface area contributed by atoms with Crippen LogP contribution in [0.25, 0.3) is 0 Å². The van der Waals surface area contributed by atoms with Crippen LogP contribution in [-0.2, 0) is 14.3 Å². The molecule has 0 amide bonds. The standard InChI is InChI=1S/C11H14O3/c1-2-3-7-4-5-8-9(6-7)11(13)14-10(8)12/h5,7,9H,2-4,6H2,1H3. The van der Waals surface area contributed by atoms with Gasteiger partial charge in [0.15, 0.2) is 0 Å². The first-order valence-corrected chi connectivity index (χ1v) is 5.18. The first-order chi connectivity index (χ1) is 6.72. The maximum atomic E-state index is 11.3. The fourth-order valence-electron chi connectivity index (χ4n) is 2.31. The minimum Gasteiger partial charge on any atom is -0.389 e. The van der Waals surface area contributed by atoms with Crippen LogP contribution in [-0.4, -0.2) is 11.9 Å². The third-order valence-electron chi connectivity index (χ3n) is 3.03. The molecule has 2 aliphatic rings. The van der Waals surface area contributed by atoms with Gasteiger partial charge in [-0.2, -0.15) is 0 Å². The van der Waals surface area contributed by atoms with E-state index in [2.05, 4.69) is 11.7 Å². The summed E-state index contributed by atoms with van der Waals surface area (Å²) in [5, 5.41) is 0. The molecule has 1 saturated heterocycles. The third kappa shape index (κ3) is 1.47. The Morgan fingerprint density at radius 2 is 2.29 bits per heavy atom. The van der Waals surface area contributed by atoms with E-state index in [4.69, 9.17) is 0 Å². The number of ether oxygens (including phenoxy) is 1. The smallest absolute Gasteiger partial charge is 0.342 e. The predicted molar refractivity (Wildman–Crippen MR) is 50.3 cm³/mol. The zero-order chi connectivity index (χ0) is 10.1. The molecular weight excluding hydrogens is 180 g/mol. The van der Waals surface area contributed by atoms with Crippen LogP contribution in [0.15, 0.2) is 11.6 Å². The van der Waals surface area contributed by atoms with Crippen molar-refractivity contribution in [1.29, 1.82) is 0 Å². The van der Waals surface area contributed by atoms with Crippen molar-refractivity contribution in [1.82, 2.24) is 0 Å². The van der Waals surface area contributed by atoms with E-state index in [-0.39, 0.29) is 11.9 Å². The Kier molecular flexibility index (Phi) is 2.40. The highest BCUT2D eigenvalue weighted by atomic mass is 16.6. The molecule has 0 aromatic carbocycles. The highest BCUT2D eigenvalue weighted by Crippen LogP contribution is 2.36. The number of hydrogen-bond donors (Lipinski definition) is 0. The summed E-state index contributed by atoms with van der Waals surface area (Å²) in [6.45, 7) is 2.14. The van der Waals surface area contributed by atoms with Gasteiger partial charge in [0.2, 0.25) is 0 Å². The van der Waals surface area contributed by atoms with Gasteiger partial charge < -0.3 is 4.74 Å². The molecule has 1 aliphatic carbocycles. The average molecular weight is 194 g/mol. The first-order valence-electron chi connectivity index (χ1n) is 5.18. The van der Waals surface area contributed by atoms with Gasteiger partial charge >= 0.3 is 11.9 Å². The fourth-order valence-corrected chi connectivity index (χ4v) is 2.31. The molecule has 14 heavy (non-hydrogen) atoms. The van der Waals surface area contributed by atoms with Crippen molar-refractivity contribution < 1.29 is 14.3 Å². The molecule has 0 saturated carbocycles. The summed E-state index contributed by atoms with van der Waals surface area (Å²) in [6.07, 6.45) is 5.86. The van der Waals surface area contributed by atoms with Gasteiger partial charge in [-0.05, 0) is 18.8 Å². The first kappa shape index (κ1) is 9.44. The van der Waals surface area contributed by atoms with Crippen molar-refractivity contribution in [3.63, 3.8) is 0 Å². The molecule has 0 N–H and O–H groups in total. The molecule has 2 rings (SSSR count). The molecule has 2 atom stereocenters. The van der Waals surface area contributed by atoms with Crippen LogP contribution >= 0.6 is 0 Å². The van der Waals surface area contributed by atoms with Crippen molar-refractivity contribution in [3.05, 3.63) is 11.6 Å². The Hall–Kier alpha value is -1.12. The Morgan fingerprint density at radius 3 is 3.00 bits per heavy atom. The number of hydrogen-bond acceptors (Lipinski definition) is 3. The molecule has 1 heterocycles. The summed E-state index contributed by atoms with van der Waals surface area (Å²) >= 11 is 0. The summed E-state index contributed by atoms with van der Waals surface area (Å²) in [5.74, 6) is -0.475. The van der Waals surface area contributed by atoms with Crippen LogP contribution < -0.4 is 0 Å². The monoisotopic (exact) mass is 194 g/mol. The van der Waals surface area contributed by atoms with E-state index in [1.165, 1.54) is 0 Å². The van der Waals surface area contributed by atoms with E-state index in [0.29, 0.717) is 11.5 Å². The average Bonchev–Trinajstić information content (AvgIpc) is 2.43. The van der Waals surface area contributed by atoms with E-state index in [1.54, 1.807) is 0 Å². The molecule has 76 valence electrons. The second kappa shape index (κ2) is 3.56. The van der Waals surface area contributed by atoms with Crippen LogP contribution in [0.4, 0.5) is 0 Å². The highest BCUT2D eigenvalue weighted by molar-refractivity contribution is 6.07. The van der Waals surface area contributed by atoms with E-state index >= 15 is 0 Å². The van der Waals surface area contributed by atoms with Gasteiger partial charge in [0.25, 0.3) is 0 Å². The van der Waals surface area contributed by atoms with Gasteiger partial charge in [0.1, 0.15) is 0 Å². The van der Waals surface area contributed by atoms with E-state index < -0.39 is 5.97 Å². The van der Waals surface area contributed by atoms with Crippen LogP contribution in [0.1, 0.15) is 32.6 Å². The molecule has 1 aliphatic heterocycles. The van der Waals surface area contributed by atoms with Gasteiger partial charge in [-0.1, -0.05) is 25.8 Å². The zero-order valence-corrected chi connectivity index (χ0v) is 8.29. The van der Waals surface area contributed by atoms with Crippen molar-refractivity contribution in [2.24, 2.45) is 11.8 Å². The van der Waals surface area contributed by atoms with Crippen molar-refractivity contribution in [2.45, 2.75) is 32.6 Å². The number of fused-ring (bicyclic) bond motifs is 1. The number of cyclic esters (lactones) is 2. The molecule has 0 bridgehead atoms. The van der Waals surface area contributed by atoms with E-state index in [0.717, 1.165) is 25.7 Å². The molecule has 0 aromatic heterocycles. The van der Waals surface area contributed by atoms with Crippen molar-refractivity contribution in [3.8, 4) is 0 Å². The topological polar surface area (TPSA) is 43.4 Å². The maximum Gasteiger partial charge on any atom is 0.342 e. The van der Waals surface area contributed by atoms with Crippen LogP contribution in [0, 0.1) is 11.8 Å². The lowest BCUT2D eigenvalue weighted by Crippen LogP contribution is -2.18. The quantitative estimate of drug-likeness (QED) is 0.497. The largest absolute Gasteiger partial charge is 0.389 e. The molecule has 2 unspecified atom stereocenters. The number of esters is 2.